The summed E-state index contributed by atoms with van der Waals surface area (Å²) in [6, 6.07) is 6.09. The molecular weight excluding hydrogens is 290 g/mol. The van der Waals surface area contributed by atoms with Crippen LogP contribution in [0.5, 0.6) is 11.5 Å². The Balaban J connectivity index is 1.86. The highest BCUT2D eigenvalue weighted by Crippen LogP contribution is 2.29. The number of nitrogens with one attached hydrogen (secondary N) is 1. The van der Waals surface area contributed by atoms with E-state index in [9.17, 15) is 0 Å². The number of imidazole rings is 1. The lowest BCUT2D eigenvalue weighted by Crippen LogP contribution is -2.30. The number of nitrogens with zero attached hydrogens (tertiary/aromatic N) is 2. The lowest BCUT2D eigenvalue weighted by molar-refractivity contribution is 0.354. The SMILES string of the molecule is COc1ccc(Cn2c(C)cnc2C2CCCNC2)cc1OC. The van der Waals surface area contributed by atoms with Crippen LogP contribution in [-0.2, 0) is 6.54 Å². The highest BCUT2D eigenvalue weighted by atomic mass is 16.5. The number of hydrogen-bond acceptors (Lipinski definition) is 4. The molecule has 5 nitrogen and oxygen atoms in total. The molecule has 23 heavy (non-hydrogen) atoms. The number of ether oxygens (including phenoxy) is 2. The Morgan fingerprint density at radius 3 is 2.78 bits per heavy atom. The Morgan fingerprint density at radius 1 is 1.26 bits per heavy atom. The van der Waals surface area contributed by atoms with Gasteiger partial charge in [0.25, 0.3) is 0 Å². The maximum absolute atomic E-state index is 5.41. The number of benzene rings is 1. The summed E-state index contributed by atoms with van der Waals surface area (Å²) >= 11 is 0. The van der Waals surface area contributed by atoms with Gasteiger partial charge in [-0.15, -0.1) is 0 Å². The summed E-state index contributed by atoms with van der Waals surface area (Å²) in [5, 5.41) is 3.48. The van der Waals surface area contributed by atoms with Crippen molar-refractivity contribution in [3.05, 3.63) is 41.5 Å². The summed E-state index contributed by atoms with van der Waals surface area (Å²) in [5.74, 6) is 3.21. The normalized spacial score (nSPS) is 18.0. The lowest BCUT2D eigenvalue weighted by atomic mass is 9.98. The molecule has 1 N–H and O–H groups in total. The highest BCUT2D eigenvalue weighted by Gasteiger charge is 2.21. The smallest absolute Gasteiger partial charge is 0.161 e. The van der Waals surface area contributed by atoms with Crippen molar-refractivity contribution in [1.82, 2.24) is 14.9 Å². The molecule has 0 bridgehead atoms. The van der Waals surface area contributed by atoms with Crippen molar-refractivity contribution >= 4 is 0 Å². The molecule has 1 saturated heterocycles. The zero-order valence-corrected chi connectivity index (χ0v) is 14.1. The van der Waals surface area contributed by atoms with Crippen LogP contribution in [0.1, 0.15) is 35.8 Å². The first kappa shape index (κ1) is 15.9. The second-order valence-electron chi connectivity index (χ2n) is 6.08. The maximum Gasteiger partial charge on any atom is 0.161 e. The van der Waals surface area contributed by atoms with Crippen molar-refractivity contribution in [1.29, 1.82) is 0 Å². The van der Waals surface area contributed by atoms with E-state index in [1.807, 2.05) is 18.3 Å². The van der Waals surface area contributed by atoms with Gasteiger partial charge in [0.15, 0.2) is 11.5 Å². The van der Waals surface area contributed by atoms with Crippen LogP contribution in [0.3, 0.4) is 0 Å². The van der Waals surface area contributed by atoms with Gasteiger partial charge in [-0.3, -0.25) is 0 Å². The minimum Gasteiger partial charge on any atom is -0.493 e. The molecule has 0 saturated carbocycles. The lowest BCUT2D eigenvalue weighted by Gasteiger charge is -2.24. The van der Waals surface area contributed by atoms with Crippen molar-refractivity contribution in [3.8, 4) is 11.5 Å². The molecule has 1 aromatic heterocycles. The minimum atomic E-state index is 0.498. The Morgan fingerprint density at radius 2 is 2.09 bits per heavy atom. The van der Waals surface area contributed by atoms with Gasteiger partial charge in [-0.1, -0.05) is 6.07 Å². The molecule has 1 aromatic carbocycles. The summed E-state index contributed by atoms with van der Waals surface area (Å²) in [7, 11) is 3.33. The summed E-state index contributed by atoms with van der Waals surface area (Å²) in [6.45, 7) is 5.06. The number of hydrogen-bond donors (Lipinski definition) is 1. The van der Waals surface area contributed by atoms with Crippen LogP contribution in [-0.4, -0.2) is 36.9 Å². The van der Waals surface area contributed by atoms with Gasteiger partial charge in [-0.2, -0.15) is 0 Å². The fraction of sp³-hybridized carbons (Fsp3) is 0.500. The van der Waals surface area contributed by atoms with Crippen molar-refractivity contribution in [2.24, 2.45) is 0 Å². The minimum absolute atomic E-state index is 0.498. The second kappa shape index (κ2) is 7.04. The van der Waals surface area contributed by atoms with Crippen LogP contribution in [0.15, 0.2) is 24.4 Å². The molecule has 124 valence electrons. The van der Waals surface area contributed by atoms with E-state index in [4.69, 9.17) is 9.47 Å². The average molecular weight is 315 g/mol. The van der Waals surface area contributed by atoms with E-state index < -0.39 is 0 Å². The molecule has 2 aromatic rings. The van der Waals surface area contributed by atoms with Crippen molar-refractivity contribution in [2.75, 3.05) is 27.3 Å². The van der Waals surface area contributed by atoms with E-state index in [1.54, 1.807) is 14.2 Å². The van der Waals surface area contributed by atoms with Crippen LogP contribution < -0.4 is 14.8 Å². The number of rotatable bonds is 5. The summed E-state index contributed by atoms with van der Waals surface area (Å²) in [5.41, 5.74) is 2.38. The molecule has 1 fully saturated rings. The molecule has 0 aliphatic carbocycles. The van der Waals surface area contributed by atoms with Gasteiger partial charge in [0.2, 0.25) is 0 Å². The average Bonchev–Trinajstić information content (AvgIpc) is 2.96. The summed E-state index contributed by atoms with van der Waals surface area (Å²) in [6.07, 6.45) is 4.40. The molecular formula is C18H25N3O2. The molecule has 1 aliphatic rings. The number of methoxy groups -OCH3 is 2. The van der Waals surface area contributed by atoms with Crippen LogP contribution in [0, 0.1) is 6.92 Å². The van der Waals surface area contributed by atoms with E-state index in [1.165, 1.54) is 29.9 Å². The Labute approximate surface area is 137 Å². The van der Waals surface area contributed by atoms with Crippen LogP contribution >= 0.6 is 0 Å². The van der Waals surface area contributed by atoms with E-state index in [0.717, 1.165) is 31.1 Å². The van der Waals surface area contributed by atoms with Crippen LogP contribution in [0.2, 0.25) is 0 Å². The molecule has 1 unspecified atom stereocenters. The van der Waals surface area contributed by atoms with Crippen LogP contribution in [0.25, 0.3) is 0 Å². The zero-order valence-electron chi connectivity index (χ0n) is 14.1. The van der Waals surface area contributed by atoms with Gasteiger partial charge in [-0.05, 0) is 44.0 Å². The standard InChI is InChI=1S/C18H25N3O2/c1-13-10-20-18(15-5-4-8-19-11-15)21(13)12-14-6-7-16(22-2)17(9-14)23-3/h6-7,9-10,15,19H,4-5,8,11-12H2,1-3H3. The van der Waals surface area contributed by atoms with E-state index in [2.05, 4.69) is 27.9 Å². The molecule has 0 amide bonds. The fourth-order valence-electron chi connectivity index (χ4n) is 3.24. The van der Waals surface area contributed by atoms with Crippen LogP contribution in [0.4, 0.5) is 0 Å². The molecule has 1 atom stereocenters. The van der Waals surface area contributed by atoms with E-state index >= 15 is 0 Å². The largest absolute Gasteiger partial charge is 0.493 e. The quantitative estimate of drug-likeness (QED) is 0.921. The maximum atomic E-state index is 5.41. The predicted octanol–water partition coefficient (Wildman–Crippen LogP) is 2.72. The van der Waals surface area contributed by atoms with Gasteiger partial charge < -0.3 is 19.4 Å². The predicted molar refractivity (Wildman–Crippen MR) is 90.5 cm³/mol. The number of piperidine rings is 1. The van der Waals surface area contributed by atoms with E-state index in [0.29, 0.717) is 5.92 Å². The summed E-state index contributed by atoms with van der Waals surface area (Å²) in [4.78, 5) is 4.68. The molecule has 0 radical (unpaired) electrons. The number of aryl methyl sites for hydroxylation is 1. The van der Waals surface area contributed by atoms with E-state index in [-0.39, 0.29) is 0 Å². The molecule has 2 heterocycles. The van der Waals surface area contributed by atoms with Crippen molar-refractivity contribution in [2.45, 2.75) is 32.2 Å². The Hall–Kier alpha value is -2.01. The monoisotopic (exact) mass is 315 g/mol. The van der Waals surface area contributed by atoms with Gasteiger partial charge >= 0.3 is 0 Å². The Kier molecular flexibility index (Phi) is 4.86. The van der Waals surface area contributed by atoms with Crippen molar-refractivity contribution in [3.63, 3.8) is 0 Å². The fourth-order valence-corrected chi connectivity index (χ4v) is 3.24. The third-order valence-electron chi connectivity index (χ3n) is 4.54. The molecule has 1 aliphatic heterocycles. The number of aromatic nitrogens is 2. The molecule has 5 heteroatoms. The first-order valence-electron chi connectivity index (χ1n) is 8.16. The second-order valence-corrected chi connectivity index (χ2v) is 6.08. The zero-order chi connectivity index (χ0) is 16.2. The third kappa shape index (κ3) is 3.34. The van der Waals surface area contributed by atoms with Crippen molar-refractivity contribution < 1.29 is 9.47 Å². The Bertz CT molecular complexity index is 660. The van der Waals surface area contributed by atoms with Gasteiger partial charge in [0.1, 0.15) is 5.82 Å². The topological polar surface area (TPSA) is 48.3 Å². The van der Waals surface area contributed by atoms with Gasteiger partial charge in [0, 0.05) is 30.9 Å². The first-order valence-corrected chi connectivity index (χ1v) is 8.16. The summed E-state index contributed by atoms with van der Waals surface area (Å²) < 4.78 is 13.0. The van der Waals surface area contributed by atoms with Gasteiger partial charge in [0.05, 0.1) is 14.2 Å². The highest BCUT2D eigenvalue weighted by molar-refractivity contribution is 5.43. The molecule has 3 rings (SSSR count). The third-order valence-corrected chi connectivity index (χ3v) is 4.54. The first-order chi connectivity index (χ1) is 11.2. The van der Waals surface area contributed by atoms with Gasteiger partial charge in [-0.25, -0.2) is 4.98 Å². The molecule has 0 spiro atoms.